The van der Waals surface area contributed by atoms with Crippen LogP contribution < -0.4 is 4.74 Å². The standard InChI is InChI=1S/C14H14O2S/c15-12-5-4-8-14(11-12)17-10-9-16-13-6-2-1-3-7-13/h1-8,11,15H,9-10H2. The van der Waals surface area contributed by atoms with Gasteiger partial charge in [-0.2, -0.15) is 0 Å². The Labute approximate surface area is 105 Å². The van der Waals surface area contributed by atoms with Gasteiger partial charge in [-0.1, -0.05) is 24.3 Å². The summed E-state index contributed by atoms with van der Waals surface area (Å²) in [5, 5.41) is 9.30. The zero-order chi connectivity index (χ0) is 11.9. The van der Waals surface area contributed by atoms with E-state index in [4.69, 9.17) is 4.74 Å². The summed E-state index contributed by atoms with van der Waals surface area (Å²) in [6.45, 7) is 0.657. The maximum absolute atomic E-state index is 9.30. The van der Waals surface area contributed by atoms with Crippen LogP contribution >= 0.6 is 11.8 Å². The minimum absolute atomic E-state index is 0.305. The molecule has 17 heavy (non-hydrogen) atoms. The zero-order valence-electron chi connectivity index (χ0n) is 9.37. The molecule has 0 aliphatic carbocycles. The van der Waals surface area contributed by atoms with Crippen molar-refractivity contribution in [3.63, 3.8) is 0 Å². The summed E-state index contributed by atoms with van der Waals surface area (Å²) in [5.41, 5.74) is 0. The summed E-state index contributed by atoms with van der Waals surface area (Å²) in [7, 11) is 0. The Morgan fingerprint density at radius 1 is 1.00 bits per heavy atom. The molecule has 0 radical (unpaired) electrons. The predicted octanol–water partition coefficient (Wildman–Crippen LogP) is 3.56. The second-order valence-corrected chi connectivity index (χ2v) is 4.68. The highest BCUT2D eigenvalue weighted by atomic mass is 32.2. The van der Waals surface area contributed by atoms with Crippen molar-refractivity contribution < 1.29 is 9.84 Å². The summed E-state index contributed by atoms with van der Waals surface area (Å²) in [6, 6.07) is 17.0. The van der Waals surface area contributed by atoms with Gasteiger partial charge in [-0.25, -0.2) is 0 Å². The number of thioether (sulfide) groups is 1. The van der Waals surface area contributed by atoms with Crippen LogP contribution in [0, 0.1) is 0 Å². The normalized spacial score (nSPS) is 10.1. The van der Waals surface area contributed by atoms with E-state index in [1.165, 1.54) is 0 Å². The molecule has 0 unspecified atom stereocenters. The fourth-order valence-electron chi connectivity index (χ4n) is 1.41. The lowest BCUT2D eigenvalue weighted by Crippen LogP contribution is -1.99. The first-order valence-corrected chi connectivity index (χ1v) is 6.43. The van der Waals surface area contributed by atoms with Crippen molar-refractivity contribution in [2.45, 2.75) is 4.90 Å². The highest BCUT2D eigenvalue weighted by Crippen LogP contribution is 2.22. The summed E-state index contributed by atoms with van der Waals surface area (Å²) >= 11 is 1.67. The van der Waals surface area contributed by atoms with E-state index >= 15 is 0 Å². The van der Waals surface area contributed by atoms with Gasteiger partial charge >= 0.3 is 0 Å². The van der Waals surface area contributed by atoms with Gasteiger partial charge in [0.05, 0.1) is 6.61 Å². The molecule has 2 nitrogen and oxygen atoms in total. The van der Waals surface area contributed by atoms with Crippen LogP contribution in [-0.4, -0.2) is 17.5 Å². The second-order valence-electron chi connectivity index (χ2n) is 3.51. The molecule has 0 amide bonds. The second kappa shape index (κ2) is 6.21. The Hall–Kier alpha value is -1.61. The molecule has 0 aromatic heterocycles. The smallest absolute Gasteiger partial charge is 0.119 e. The van der Waals surface area contributed by atoms with Crippen LogP contribution in [0.15, 0.2) is 59.5 Å². The van der Waals surface area contributed by atoms with Crippen LogP contribution in [0.1, 0.15) is 0 Å². The van der Waals surface area contributed by atoms with Gasteiger partial charge in [-0.15, -0.1) is 11.8 Å². The van der Waals surface area contributed by atoms with Crippen molar-refractivity contribution in [2.24, 2.45) is 0 Å². The molecule has 3 heteroatoms. The lowest BCUT2D eigenvalue weighted by molar-refractivity contribution is 0.344. The van der Waals surface area contributed by atoms with E-state index in [0.717, 1.165) is 16.4 Å². The van der Waals surface area contributed by atoms with Gasteiger partial charge in [0.15, 0.2) is 0 Å². The molecule has 1 N–H and O–H groups in total. The first-order valence-electron chi connectivity index (χ1n) is 5.44. The number of benzene rings is 2. The quantitative estimate of drug-likeness (QED) is 0.646. The molecular formula is C14H14O2S. The molecule has 0 aliphatic heterocycles. The lowest BCUT2D eigenvalue weighted by atomic mass is 10.3. The minimum atomic E-state index is 0.305. The lowest BCUT2D eigenvalue weighted by Gasteiger charge is -2.05. The number of hydrogen-bond acceptors (Lipinski definition) is 3. The van der Waals surface area contributed by atoms with Crippen LogP contribution in [0.4, 0.5) is 0 Å². The number of rotatable bonds is 5. The molecule has 2 rings (SSSR count). The average molecular weight is 246 g/mol. The van der Waals surface area contributed by atoms with E-state index in [1.54, 1.807) is 23.9 Å². The fourth-order valence-corrected chi connectivity index (χ4v) is 2.19. The molecule has 0 saturated heterocycles. The van der Waals surface area contributed by atoms with Crippen LogP contribution in [0.5, 0.6) is 11.5 Å². The summed E-state index contributed by atoms with van der Waals surface area (Å²) in [6.07, 6.45) is 0. The van der Waals surface area contributed by atoms with Gasteiger partial charge in [0, 0.05) is 10.6 Å². The Bertz CT molecular complexity index is 457. The number of phenolic OH excluding ortho intramolecular Hbond substituents is 1. The van der Waals surface area contributed by atoms with Crippen LogP contribution in [0.3, 0.4) is 0 Å². The number of para-hydroxylation sites is 1. The van der Waals surface area contributed by atoms with E-state index in [0.29, 0.717) is 12.4 Å². The number of ether oxygens (including phenoxy) is 1. The van der Waals surface area contributed by atoms with Crippen molar-refractivity contribution >= 4 is 11.8 Å². The van der Waals surface area contributed by atoms with Crippen LogP contribution in [0.25, 0.3) is 0 Å². The largest absolute Gasteiger partial charge is 0.508 e. The molecule has 88 valence electrons. The van der Waals surface area contributed by atoms with E-state index in [2.05, 4.69) is 0 Å². The number of hydrogen-bond donors (Lipinski definition) is 1. The van der Waals surface area contributed by atoms with Crippen molar-refractivity contribution in [1.29, 1.82) is 0 Å². The highest BCUT2D eigenvalue weighted by molar-refractivity contribution is 7.99. The fraction of sp³-hybridized carbons (Fsp3) is 0.143. The third kappa shape index (κ3) is 4.04. The maximum atomic E-state index is 9.30. The van der Waals surface area contributed by atoms with E-state index in [9.17, 15) is 5.11 Å². The monoisotopic (exact) mass is 246 g/mol. The van der Waals surface area contributed by atoms with Crippen molar-refractivity contribution in [1.82, 2.24) is 0 Å². The number of aromatic hydroxyl groups is 1. The third-order valence-corrected chi connectivity index (χ3v) is 3.14. The predicted molar refractivity (Wildman–Crippen MR) is 70.8 cm³/mol. The molecule has 2 aromatic rings. The third-order valence-electron chi connectivity index (χ3n) is 2.18. The van der Waals surface area contributed by atoms with Crippen molar-refractivity contribution in [3.05, 3.63) is 54.6 Å². The highest BCUT2D eigenvalue weighted by Gasteiger charge is 1.96. The molecule has 0 atom stereocenters. The minimum Gasteiger partial charge on any atom is -0.508 e. The first kappa shape index (κ1) is 11.9. The van der Waals surface area contributed by atoms with E-state index in [1.807, 2.05) is 42.5 Å². The molecule has 0 fully saturated rings. The molecule has 0 saturated carbocycles. The van der Waals surface area contributed by atoms with Gasteiger partial charge in [0.25, 0.3) is 0 Å². The van der Waals surface area contributed by atoms with Gasteiger partial charge in [-0.05, 0) is 30.3 Å². The summed E-state index contributed by atoms with van der Waals surface area (Å²) in [5.74, 6) is 2.06. The van der Waals surface area contributed by atoms with Gasteiger partial charge in [0.1, 0.15) is 11.5 Å². The Morgan fingerprint density at radius 2 is 1.82 bits per heavy atom. The van der Waals surface area contributed by atoms with Gasteiger partial charge < -0.3 is 9.84 Å². The van der Waals surface area contributed by atoms with Crippen molar-refractivity contribution in [3.8, 4) is 11.5 Å². The molecule has 0 bridgehead atoms. The van der Waals surface area contributed by atoms with E-state index < -0.39 is 0 Å². The molecule has 0 heterocycles. The molecule has 0 aliphatic rings. The zero-order valence-corrected chi connectivity index (χ0v) is 10.2. The van der Waals surface area contributed by atoms with Gasteiger partial charge in [0.2, 0.25) is 0 Å². The Morgan fingerprint density at radius 3 is 2.59 bits per heavy atom. The Balaban J connectivity index is 1.73. The molecule has 2 aromatic carbocycles. The SMILES string of the molecule is Oc1cccc(SCCOc2ccccc2)c1. The average Bonchev–Trinajstić information content (AvgIpc) is 2.36. The molecular weight excluding hydrogens is 232 g/mol. The van der Waals surface area contributed by atoms with E-state index in [-0.39, 0.29) is 0 Å². The summed E-state index contributed by atoms with van der Waals surface area (Å²) in [4.78, 5) is 1.06. The van der Waals surface area contributed by atoms with Crippen LogP contribution in [-0.2, 0) is 0 Å². The summed E-state index contributed by atoms with van der Waals surface area (Å²) < 4.78 is 5.57. The van der Waals surface area contributed by atoms with Crippen molar-refractivity contribution in [2.75, 3.05) is 12.4 Å². The number of phenols is 1. The Kier molecular flexibility index (Phi) is 4.33. The molecule has 0 spiro atoms. The topological polar surface area (TPSA) is 29.5 Å². The first-order chi connectivity index (χ1) is 8.34. The maximum Gasteiger partial charge on any atom is 0.119 e. The van der Waals surface area contributed by atoms with Gasteiger partial charge in [-0.3, -0.25) is 0 Å². The van der Waals surface area contributed by atoms with Crippen LogP contribution in [0.2, 0.25) is 0 Å².